The van der Waals surface area contributed by atoms with Gasteiger partial charge in [-0.25, -0.2) is 4.79 Å². The lowest BCUT2D eigenvalue weighted by Crippen LogP contribution is -2.15. The molecule has 6 rings (SSSR count). The Hall–Kier alpha value is -7.05. The molecule has 0 heterocycles. The number of carbonyl (C=O) groups is 3. The summed E-state index contributed by atoms with van der Waals surface area (Å²) in [5, 5.41) is 0. The van der Waals surface area contributed by atoms with Crippen LogP contribution >= 0.6 is 0 Å². The van der Waals surface area contributed by atoms with E-state index >= 15 is 0 Å². The molecule has 6 aromatic carbocycles. The number of esters is 2. The zero-order chi connectivity index (χ0) is 42.9. The van der Waals surface area contributed by atoms with Gasteiger partial charge in [-0.1, -0.05) is 131 Å². The molecule has 0 N–H and O–H groups in total. The average molecular weight is 795 g/mol. The first-order valence-corrected chi connectivity index (χ1v) is 20.0. The monoisotopic (exact) mass is 794 g/mol. The molecular weight excluding hydrogens is 745 g/mol. The molecule has 302 valence electrons. The van der Waals surface area contributed by atoms with Crippen LogP contribution in [0, 0.1) is 5.92 Å². The van der Waals surface area contributed by atoms with E-state index in [1.807, 2.05) is 85.8 Å². The van der Waals surface area contributed by atoms with Crippen LogP contribution in [0.3, 0.4) is 0 Å². The minimum atomic E-state index is -0.557. The van der Waals surface area contributed by atoms with Crippen LogP contribution in [0.25, 0.3) is 33.4 Å². The Bertz CT molecular complexity index is 2540. The number of ketones is 1. The van der Waals surface area contributed by atoms with Gasteiger partial charge >= 0.3 is 11.9 Å². The van der Waals surface area contributed by atoms with E-state index < -0.39 is 11.9 Å². The molecule has 0 aromatic heterocycles. The van der Waals surface area contributed by atoms with Crippen LogP contribution in [-0.4, -0.2) is 24.3 Å². The van der Waals surface area contributed by atoms with Crippen molar-refractivity contribution in [3.63, 3.8) is 0 Å². The molecule has 1 unspecified atom stereocenters. The SMILES string of the molecule is C=C(C)COc1ccc(-c2ccc(CC(=O)C(=C)C)c(C(c3ccc(-c4ccccc4)cc3)c3cc(-c4ccc(OC(=O)C(C)C)cc4)ccc3OC(=O)C(=C)C)c2)cc1. The summed E-state index contributed by atoms with van der Waals surface area (Å²) in [4.78, 5) is 39.1. The molecule has 6 heteroatoms. The highest BCUT2D eigenvalue weighted by Gasteiger charge is 2.27. The number of rotatable bonds is 16. The van der Waals surface area contributed by atoms with E-state index in [4.69, 9.17) is 14.2 Å². The van der Waals surface area contributed by atoms with Gasteiger partial charge in [0.2, 0.25) is 0 Å². The second-order valence-electron chi connectivity index (χ2n) is 15.5. The highest BCUT2D eigenvalue weighted by atomic mass is 16.5. The van der Waals surface area contributed by atoms with Crippen molar-refractivity contribution in [3.05, 3.63) is 198 Å². The van der Waals surface area contributed by atoms with Crippen molar-refractivity contribution < 1.29 is 28.6 Å². The predicted octanol–water partition coefficient (Wildman–Crippen LogP) is 12.6. The fraction of sp³-hybridized carbons (Fsp3) is 0.167. The zero-order valence-electron chi connectivity index (χ0n) is 34.9. The van der Waals surface area contributed by atoms with Crippen molar-refractivity contribution in [2.75, 3.05) is 6.61 Å². The van der Waals surface area contributed by atoms with Gasteiger partial charge in [0, 0.05) is 23.5 Å². The zero-order valence-corrected chi connectivity index (χ0v) is 34.9. The van der Waals surface area contributed by atoms with Crippen LogP contribution in [0.4, 0.5) is 0 Å². The Labute approximate surface area is 353 Å². The Morgan fingerprint density at radius 3 is 1.63 bits per heavy atom. The summed E-state index contributed by atoms with van der Waals surface area (Å²) in [6, 6.07) is 45.6. The van der Waals surface area contributed by atoms with Crippen molar-refractivity contribution in [1.29, 1.82) is 0 Å². The third kappa shape index (κ3) is 10.5. The molecule has 60 heavy (non-hydrogen) atoms. The van der Waals surface area contributed by atoms with E-state index in [0.717, 1.165) is 61.4 Å². The van der Waals surface area contributed by atoms with Gasteiger partial charge in [-0.3, -0.25) is 9.59 Å². The van der Waals surface area contributed by atoms with E-state index in [-0.39, 0.29) is 29.7 Å². The molecule has 0 fully saturated rings. The van der Waals surface area contributed by atoms with Crippen molar-refractivity contribution in [2.24, 2.45) is 5.92 Å². The van der Waals surface area contributed by atoms with Crippen LogP contribution in [0.1, 0.15) is 62.8 Å². The van der Waals surface area contributed by atoms with E-state index in [0.29, 0.717) is 29.2 Å². The molecule has 0 saturated carbocycles. The van der Waals surface area contributed by atoms with Gasteiger partial charge in [-0.15, -0.1) is 0 Å². The van der Waals surface area contributed by atoms with Gasteiger partial charge in [-0.2, -0.15) is 0 Å². The van der Waals surface area contributed by atoms with Crippen molar-refractivity contribution in [3.8, 4) is 50.6 Å². The summed E-state index contributed by atoms with van der Waals surface area (Å²) in [7, 11) is 0. The molecule has 6 nitrogen and oxygen atoms in total. The molecule has 1 atom stereocenters. The van der Waals surface area contributed by atoms with Crippen molar-refractivity contribution in [1.82, 2.24) is 0 Å². The van der Waals surface area contributed by atoms with Gasteiger partial charge < -0.3 is 14.2 Å². The fourth-order valence-electron chi connectivity index (χ4n) is 6.69. The molecule has 0 radical (unpaired) electrons. The molecule has 6 aromatic rings. The van der Waals surface area contributed by atoms with Crippen LogP contribution < -0.4 is 14.2 Å². The molecule has 0 aliphatic carbocycles. The smallest absolute Gasteiger partial charge is 0.338 e. The number of carbonyl (C=O) groups excluding carboxylic acids is 3. The summed E-state index contributed by atoms with van der Waals surface area (Å²) in [6.07, 6.45) is 0.119. The summed E-state index contributed by atoms with van der Waals surface area (Å²) in [5.41, 5.74) is 10.6. The molecule has 0 saturated heterocycles. The van der Waals surface area contributed by atoms with Gasteiger partial charge in [0.1, 0.15) is 23.9 Å². The standard InChI is InChI=1S/C54H50O6/c1-34(2)33-58-46-25-20-40(21-26-46)43-18-19-45(32-50(55)35(3)4)48(30-43)52(42-16-14-39(15-17-42)38-12-10-9-11-13-38)49-31-44(24-29-51(49)60-54(57)37(7)8)41-22-27-47(28-23-41)59-53(56)36(5)6/h9-31,36,52H,1,3,7,32-33H2,2,4-6,8H3. The predicted molar refractivity (Wildman–Crippen MR) is 241 cm³/mol. The first-order chi connectivity index (χ1) is 28.8. The molecule has 0 spiro atoms. The third-order valence-electron chi connectivity index (χ3n) is 10.1. The number of ether oxygens (including phenoxy) is 3. The van der Waals surface area contributed by atoms with Crippen LogP contribution in [-0.2, 0) is 20.8 Å². The number of allylic oxidation sites excluding steroid dienone is 1. The maximum absolute atomic E-state index is 13.5. The maximum atomic E-state index is 13.5. The van der Waals surface area contributed by atoms with Gasteiger partial charge in [0.25, 0.3) is 0 Å². The lowest BCUT2D eigenvalue weighted by molar-refractivity contribution is -0.137. The van der Waals surface area contributed by atoms with E-state index in [1.165, 1.54) is 0 Å². The quantitative estimate of drug-likeness (QED) is 0.0319. The summed E-state index contributed by atoms with van der Waals surface area (Å²) < 4.78 is 17.6. The molecule has 0 amide bonds. The van der Waals surface area contributed by atoms with Gasteiger partial charge in [0.15, 0.2) is 5.78 Å². The Morgan fingerprint density at radius 2 is 1.07 bits per heavy atom. The third-order valence-corrected chi connectivity index (χ3v) is 10.1. The maximum Gasteiger partial charge on any atom is 0.338 e. The fourth-order valence-corrected chi connectivity index (χ4v) is 6.69. The van der Waals surface area contributed by atoms with Crippen LogP contribution in [0.15, 0.2) is 176 Å². The van der Waals surface area contributed by atoms with E-state index in [1.54, 1.807) is 45.9 Å². The van der Waals surface area contributed by atoms with Crippen molar-refractivity contribution >= 4 is 17.7 Å². The molecule has 0 bridgehead atoms. The number of Topliss-reactive ketones (excluding diaryl/α,β-unsaturated/α-hetero) is 1. The number of hydrogen-bond donors (Lipinski definition) is 0. The van der Waals surface area contributed by atoms with Gasteiger partial charge in [-0.05, 0) is 124 Å². The normalized spacial score (nSPS) is 11.4. The first kappa shape index (κ1) is 42.6. The molecule has 0 aliphatic rings. The summed E-state index contributed by atoms with van der Waals surface area (Å²) >= 11 is 0. The number of benzene rings is 6. The van der Waals surface area contributed by atoms with E-state index in [9.17, 15) is 14.4 Å². The first-order valence-electron chi connectivity index (χ1n) is 20.0. The average Bonchev–Trinajstić information content (AvgIpc) is 3.25. The topological polar surface area (TPSA) is 78.9 Å². The lowest BCUT2D eigenvalue weighted by Gasteiger charge is -2.26. The van der Waals surface area contributed by atoms with Crippen molar-refractivity contribution in [2.45, 2.75) is 47.0 Å². The summed E-state index contributed by atoms with van der Waals surface area (Å²) in [6.45, 7) is 21.0. The second-order valence-corrected chi connectivity index (χ2v) is 15.5. The Balaban J connectivity index is 1.58. The highest BCUT2D eigenvalue weighted by Crippen LogP contribution is 2.43. The minimum absolute atomic E-state index is 0.0814. The minimum Gasteiger partial charge on any atom is -0.489 e. The molecular formula is C54H50O6. The van der Waals surface area contributed by atoms with Crippen LogP contribution in [0.2, 0.25) is 0 Å². The molecule has 0 aliphatic heterocycles. The Morgan fingerprint density at radius 1 is 0.550 bits per heavy atom. The lowest BCUT2D eigenvalue weighted by atomic mass is 9.79. The van der Waals surface area contributed by atoms with Crippen LogP contribution in [0.5, 0.6) is 17.2 Å². The number of hydrogen-bond acceptors (Lipinski definition) is 6. The second kappa shape index (κ2) is 19.1. The largest absolute Gasteiger partial charge is 0.489 e. The van der Waals surface area contributed by atoms with Gasteiger partial charge in [0.05, 0.1) is 5.92 Å². The van der Waals surface area contributed by atoms with E-state index in [2.05, 4.69) is 62.2 Å². The summed E-state index contributed by atoms with van der Waals surface area (Å²) in [5.74, 6) is -0.220. The highest BCUT2D eigenvalue weighted by molar-refractivity contribution is 5.96. The Kier molecular flexibility index (Phi) is 13.6.